The Hall–Kier alpha value is -1.58. The molecule has 2 aliphatic rings. The molecule has 0 spiro atoms. The van der Waals surface area contributed by atoms with Crippen molar-refractivity contribution in [3.8, 4) is 0 Å². The van der Waals surface area contributed by atoms with Crippen LogP contribution in [-0.2, 0) is 0 Å². The number of nitrogens with two attached hydrogens (primary N) is 1. The molecule has 0 aromatic carbocycles. The van der Waals surface area contributed by atoms with Gasteiger partial charge in [0.05, 0.1) is 12.6 Å². The lowest BCUT2D eigenvalue weighted by atomic mass is 10.1. The largest absolute Gasteiger partial charge is 0.370 e. The Kier molecular flexibility index (Phi) is 2.50. The van der Waals surface area contributed by atoms with Crippen molar-refractivity contribution in [2.45, 2.75) is 25.8 Å². The van der Waals surface area contributed by atoms with E-state index in [1.54, 1.807) is 0 Å². The third kappa shape index (κ3) is 2.12. The highest BCUT2D eigenvalue weighted by Gasteiger charge is 2.33. The topological polar surface area (TPSA) is 54.5 Å². The normalized spacial score (nSPS) is 23.9. The number of nitrogens with zero attached hydrogens (tertiary/aromatic N) is 3. The smallest absolute Gasteiger partial charge is 0.191 e. The maximum atomic E-state index is 5.97. The lowest BCUT2D eigenvalue weighted by Crippen LogP contribution is -2.37. The Morgan fingerprint density at radius 2 is 2.24 bits per heavy atom. The van der Waals surface area contributed by atoms with Gasteiger partial charge in [0.15, 0.2) is 5.96 Å². The molecule has 3 rings (SSSR count). The van der Waals surface area contributed by atoms with E-state index in [1.807, 2.05) is 13.1 Å². The van der Waals surface area contributed by atoms with Crippen LogP contribution in [0.15, 0.2) is 23.3 Å². The van der Waals surface area contributed by atoms with Gasteiger partial charge in [0.1, 0.15) is 0 Å². The van der Waals surface area contributed by atoms with Gasteiger partial charge in [-0.3, -0.25) is 9.98 Å². The first-order valence-corrected chi connectivity index (χ1v) is 6.23. The Labute approximate surface area is 102 Å². The van der Waals surface area contributed by atoms with Gasteiger partial charge in [0.25, 0.3) is 0 Å². The van der Waals surface area contributed by atoms with E-state index in [-0.39, 0.29) is 0 Å². The van der Waals surface area contributed by atoms with E-state index in [9.17, 15) is 0 Å². The highest BCUT2D eigenvalue weighted by molar-refractivity contribution is 5.80. The number of guanidine groups is 1. The van der Waals surface area contributed by atoms with Crippen molar-refractivity contribution in [3.63, 3.8) is 0 Å². The maximum Gasteiger partial charge on any atom is 0.191 e. The van der Waals surface area contributed by atoms with Crippen LogP contribution in [0.4, 0.5) is 0 Å². The van der Waals surface area contributed by atoms with Gasteiger partial charge < -0.3 is 10.6 Å². The average Bonchev–Trinajstić information content (AvgIpc) is 3.07. The second kappa shape index (κ2) is 4.02. The molecule has 1 aromatic rings. The van der Waals surface area contributed by atoms with Crippen molar-refractivity contribution in [1.29, 1.82) is 0 Å². The summed E-state index contributed by atoms with van der Waals surface area (Å²) in [5.41, 5.74) is 8.24. The maximum absolute atomic E-state index is 5.97. The first-order chi connectivity index (χ1) is 8.24. The fraction of sp³-hybridized carbons (Fsp3) is 0.538. The highest BCUT2D eigenvalue weighted by Crippen LogP contribution is 2.34. The lowest BCUT2D eigenvalue weighted by molar-refractivity contribution is 0.333. The Morgan fingerprint density at radius 1 is 1.41 bits per heavy atom. The summed E-state index contributed by atoms with van der Waals surface area (Å²) in [5.74, 6) is 1.52. The lowest BCUT2D eigenvalue weighted by Gasteiger charge is -2.26. The molecule has 0 amide bonds. The molecule has 1 aromatic heterocycles. The molecule has 90 valence electrons. The molecule has 1 unspecified atom stereocenters. The number of aliphatic imine (C=N–C) groups is 1. The summed E-state index contributed by atoms with van der Waals surface area (Å²) < 4.78 is 0. The van der Waals surface area contributed by atoms with Gasteiger partial charge in [-0.15, -0.1) is 0 Å². The van der Waals surface area contributed by atoms with Crippen LogP contribution >= 0.6 is 0 Å². The zero-order valence-electron chi connectivity index (χ0n) is 10.1. The summed E-state index contributed by atoms with van der Waals surface area (Å²) in [6, 6.07) is 4.49. The minimum Gasteiger partial charge on any atom is -0.370 e. The first-order valence-electron chi connectivity index (χ1n) is 6.23. The van der Waals surface area contributed by atoms with Gasteiger partial charge >= 0.3 is 0 Å². The van der Waals surface area contributed by atoms with Crippen molar-refractivity contribution in [2.75, 3.05) is 13.1 Å². The Balaban J connectivity index is 1.79. The van der Waals surface area contributed by atoms with E-state index in [1.165, 1.54) is 18.4 Å². The molecule has 1 fully saturated rings. The van der Waals surface area contributed by atoms with Crippen LogP contribution < -0.4 is 5.73 Å². The van der Waals surface area contributed by atoms with Crippen LogP contribution in [0.25, 0.3) is 0 Å². The predicted molar refractivity (Wildman–Crippen MR) is 67.6 cm³/mol. The zero-order chi connectivity index (χ0) is 11.8. The molecule has 0 radical (unpaired) electrons. The van der Waals surface area contributed by atoms with E-state index < -0.39 is 0 Å². The van der Waals surface area contributed by atoms with Crippen molar-refractivity contribution in [1.82, 2.24) is 9.88 Å². The van der Waals surface area contributed by atoms with Crippen LogP contribution in [0.3, 0.4) is 0 Å². The number of aromatic nitrogens is 1. The molecule has 1 atom stereocenters. The third-order valence-corrected chi connectivity index (χ3v) is 3.57. The monoisotopic (exact) mass is 230 g/mol. The van der Waals surface area contributed by atoms with E-state index in [0.717, 1.165) is 24.7 Å². The number of hydrogen-bond donors (Lipinski definition) is 1. The summed E-state index contributed by atoms with van der Waals surface area (Å²) >= 11 is 0. The van der Waals surface area contributed by atoms with E-state index in [2.05, 4.69) is 27.0 Å². The summed E-state index contributed by atoms with van der Waals surface area (Å²) in [6.45, 7) is 3.82. The standard InChI is InChI=1S/C13H18N4/c1-9-2-5-11(6-15-9)12-7-16-13(14)17(12)8-10-3-4-10/h2,5-6,10,12H,3-4,7-8H2,1H3,(H2,14,16). The number of pyridine rings is 1. The Morgan fingerprint density at radius 3 is 2.88 bits per heavy atom. The zero-order valence-corrected chi connectivity index (χ0v) is 10.1. The van der Waals surface area contributed by atoms with Crippen LogP contribution in [-0.4, -0.2) is 28.9 Å². The second-order valence-corrected chi connectivity index (χ2v) is 5.04. The molecule has 1 saturated carbocycles. The number of aryl methyl sites for hydroxylation is 1. The summed E-state index contributed by atoms with van der Waals surface area (Å²) in [4.78, 5) is 11.0. The number of rotatable bonds is 3. The van der Waals surface area contributed by atoms with Crippen LogP contribution in [0.2, 0.25) is 0 Å². The molecule has 0 bridgehead atoms. The quantitative estimate of drug-likeness (QED) is 0.855. The minimum atomic E-state index is 0.295. The fourth-order valence-corrected chi connectivity index (χ4v) is 2.29. The van der Waals surface area contributed by atoms with Crippen LogP contribution in [0.5, 0.6) is 0 Å². The molecular weight excluding hydrogens is 212 g/mol. The van der Waals surface area contributed by atoms with Gasteiger partial charge in [-0.2, -0.15) is 0 Å². The van der Waals surface area contributed by atoms with Crippen molar-refractivity contribution in [2.24, 2.45) is 16.6 Å². The molecule has 4 nitrogen and oxygen atoms in total. The number of hydrogen-bond acceptors (Lipinski definition) is 4. The third-order valence-electron chi connectivity index (χ3n) is 3.57. The van der Waals surface area contributed by atoms with Gasteiger partial charge in [0, 0.05) is 18.4 Å². The average molecular weight is 230 g/mol. The molecule has 2 heterocycles. The molecule has 4 heteroatoms. The van der Waals surface area contributed by atoms with Gasteiger partial charge in [-0.25, -0.2) is 0 Å². The van der Waals surface area contributed by atoms with Gasteiger partial charge in [-0.05, 0) is 37.3 Å². The first kappa shape index (κ1) is 10.6. The fourth-order valence-electron chi connectivity index (χ4n) is 2.29. The van der Waals surface area contributed by atoms with E-state index in [4.69, 9.17) is 5.73 Å². The SMILES string of the molecule is Cc1ccc(C2CN=C(N)N2CC2CC2)cn1. The molecule has 1 aliphatic carbocycles. The van der Waals surface area contributed by atoms with Crippen LogP contribution in [0, 0.1) is 12.8 Å². The summed E-state index contributed by atoms with van der Waals surface area (Å²) in [7, 11) is 0. The molecular formula is C13H18N4. The Bertz CT molecular complexity index is 433. The van der Waals surface area contributed by atoms with Crippen molar-refractivity contribution in [3.05, 3.63) is 29.6 Å². The van der Waals surface area contributed by atoms with Crippen molar-refractivity contribution < 1.29 is 0 Å². The summed E-state index contributed by atoms with van der Waals surface area (Å²) in [5, 5.41) is 0. The molecule has 1 aliphatic heterocycles. The minimum absolute atomic E-state index is 0.295. The molecule has 17 heavy (non-hydrogen) atoms. The van der Waals surface area contributed by atoms with Gasteiger partial charge in [0.2, 0.25) is 0 Å². The van der Waals surface area contributed by atoms with Gasteiger partial charge in [-0.1, -0.05) is 6.07 Å². The highest BCUT2D eigenvalue weighted by atomic mass is 15.3. The predicted octanol–water partition coefficient (Wildman–Crippen LogP) is 1.47. The molecule has 2 N–H and O–H groups in total. The van der Waals surface area contributed by atoms with E-state index in [0.29, 0.717) is 12.0 Å². The summed E-state index contributed by atoms with van der Waals surface area (Å²) in [6.07, 6.45) is 4.62. The second-order valence-electron chi connectivity index (χ2n) is 5.04. The van der Waals surface area contributed by atoms with Crippen molar-refractivity contribution >= 4 is 5.96 Å². The van der Waals surface area contributed by atoms with E-state index >= 15 is 0 Å². The molecule has 0 saturated heterocycles. The van der Waals surface area contributed by atoms with Crippen LogP contribution in [0.1, 0.15) is 30.1 Å².